The summed E-state index contributed by atoms with van der Waals surface area (Å²) in [6, 6.07) is 0. The lowest BCUT2D eigenvalue weighted by molar-refractivity contribution is -0.270. The van der Waals surface area contributed by atoms with E-state index in [4.69, 9.17) is 4.89 Å². The summed E-state index contributed by atoms with van der Waals surface area (Å²) in [6.07, 6.45) is 19.9. The van der Waals surface area contributed by atoms with Crippen LogP contribution in [0.25, 0.3) is 0 Å². The lowest BCUT2D eigenvalue weighted by Gasteiger charge is -2.01. The van der Waals surface area contributed by atoms with E-state index in [1.54, 1.807) is 0 Å². The Labute approximate surface area is 131 Å². The zero-order chi connectivity index (χ0) is 15.6. The number of unbranched alkanes of at least 4 members (excludes halogenated alkanes) is 10. The van der Waals surface area contributed by atoms with E-state index in [1.807, 2.05) is 0 Å². The van der Waals surface area contributed by atoms with Gasteiger partial charge in [-0.1, -0.05) is 64.0 Å². The lowest BCUT2D eigenvalue weighted by Crippen LogP contribution is -2.01. The second kappa shape index (κ2) is 17.2. The summed E-state index contributed by atoms with van der Waals surface area (Å²) in [5.41, 5.74) is 0. The van der Waals surface area contributed by atoms with E-state index >= 15 is 0 Å². The molecule has 124 valence electrons. The summed E-state index contributed by atoms with van der Waals surface area (Å²) >= 11 is 0. The Kier molecular flexibility index (Phi) is 16.5. The predicted octanol–water partition coefficient (Wildman–Crippen LogP) is 5.74. The molecule has 0 bridgehead atoms. The second-order valence-corrected chi connectivity index (χ2v) is 5.63. The van der Waals surface area contributed by atoms with Gasteiger partial charge in [-0.25, -0.2) is 4.79 Å². The molecule has 0 saturated carbocycles. The molecule has 0 radical (unpaired) electrons. The van der Waals surface area contributed by atoms with Crippen LogP contribution in [-0.4, -0.2) is 12.6 Å². The van der Waals surface area contributed by atoms with Gasteiger partial charge in [-0.15, -0.1) is 0 Å². The Morgan fingerprint density at radius 2 is 1.33 bits per heavy atom. The van der Waals surface area contributed by atoms with Crippen molar-refractivity contribution in [2.45, 2.75) is 90.9 Å². The average molecular weight is 298 g/mol. The van der Waals surface area contributed by atoms with E-state index in [0.717, 1.165) is 12.8 Å². The maximum Gasteiger partial charge on any atom is 0.339 e. The normalized spacial score (nSPS) is 11.1. The van der Waals surface area contributed by atoms with Gasteiger partial charge in [-0.3, -0.25) is 4.89 Å². The molecule has 0 fully saturated rings. The zero-order valence-electron chi connectivity index (χ0n) is 14.1. The van der Waals surface area contributed by atoms with Crippen LogP contribution in [0.1, 0.15) is 90.9 Å². The number of carbonyl (C=O) groups is 1. The van der Waals surface area contributed by atoms with Crippen molar-refractivity contribution >= 4 is 5.97 Å². The highest BCUT2D eigenvalue weighted by Gasteiger charge is 1.94. The van der Waals surface area contributed by atoms with Gasteiger partial charge in [-0.05, 0) is 32.1 Å². The molecule has 3 nitrogen and oxygen atoms in total. The van der Waals surface area contributed by atoms with Gasteiger partial charge in [0.2, 0.25) is 0 Å². The van der Waals surface area contributed by atoms with Gasteiger partial charge in [0.1, 0.15) is 0 Å². The van der Waals surface area contributed by atoms with Gasteiger partial charge in [0.15, 0.2) is 0 Å². The molecule has 0 unspecified atom stereocenters. The number of hydrogen-bond donors (Lipinski definition) is 0. The van der Waals surface area contributed by atoms with Crippen LogP contribution in [0.5, 0.6) is 0 Å². The smallest absolute Gasteiger partial charge is 0.299 e. The fourth-order valence-corrected chi connectivity index (χ4v) is 2.18. The summed E-state index contributed by atoms with van der Waals surface area (Å²) in [4.78, 5) is 19.6. The first-order chi connectivity index (χ1) is 10.3. The van der Waals surface area contributed by atoms with Crippen LogP contribution in [0.4, 0.5) is 0 Å². The third kappa shape index (κ3) is 19.2. The average Bonchev–Trinajstić information content (AvgIpc) is 2.46. The van der Waals surface area contributed by atoms with E-state index < -0.39 is 0 Å². The van der Waals surface area contributed by atoms with E-state index in [0.29, 0.717) is 6.61 Å². The standard InChI is InChI=1S/C18H34O3/c1-3-4-5-6-7-8-9-10-11-12-13-14-15-16-17-20-21-18(2)19/h10-11H,3-9,12-17H2,1-2H3/b11-10+. The van der Waals surface area contributed by atoms with Gasteiger partial charge < -0.3 is 0 Å². The van der Waals surface area contributed by atoms with Gasteiger partial charge in [0.05, 0.1) is 6.61 Å². The molecule has 0 atom stereocenters. The number of hydrogen-bond acceptors (Lipinski definition) is 3. The van der Waals surface area contributed by atoms with Gasteiger partial charge in [0, 0.05) is 6.92 Å². The van der Waals surface area contributed by atoms with Crippen LogP contribution in [0.15, 0.2) is 12.2 Å². The van der Waals surface area contributed by atoms with Crippen LogP contribution in [-0.2, 0) is 14.6 Å². The number of allylic oxidation sites excluding steroid dienone is 2. The molecule has 0 amide bonds. The Balaban J connectivity index is 3.07. The van der Waals surface area contributed by atoms with Crippen molar-refractivity contribution in [1.82, 2.24) is 0 Å². The highest BCUT2D eigenvalue weighted by molar-refractivity contribution is 5.65. The molecule has 0 spiro atoms. The van der Waals surface area contributed by atoms with Crippen molar-refractivity contribution in [3.63, 3.8) is 0 Å². The number of carbonyl (C=O) groups excluding carboxylic acids is 1. The van der Waals surface area contributed by atoms with Crippen molar-refractivity contribution in [2.75, 3.05) is 6.61 Å². The van der Waals surface area contributed by atoms with Crippen LogP contribution < -0.4 is 0 Å². The van der Waals surface area contributed by atoms with Crippen molar-refractivity contribution < 1.29 is 14.6 Å². The quantitative estimate of drug-likeness (QED) is 0.167. The van der Waals surface area contributed by atoms with E-state index in [-0.39, 0.29) is 5.97 Å². The SMILES string of the molecule is CCCCCCCC/C=C/CCCCCCOOC(C)=O. The molecule has 0 aromatic carbocycles. The first-order valence-corrected chi connectivity index (χ1v) is 8.72. The molecule has 0 aromatic heterocycles. The first-order valence-electron chi connectivity index (χ1n) is 8.72. The molecule has 0 aliphatic heterocycles. The van der Waals surface area contributed by atoms with Gasteiger partial charge in [-0.2, -0.15) is 4.89 Å². The molecule has 0 heterocycles. The fourth-order valence-electron chi connectivity index (χ4n) is 2.18. The zero-order valence-corrected chi connectivity index (χ0v) is 14.1. The Bertz CT molecular complexity index is 249. The fraction of sp³-hybridized carbons (Fsp3) is 0.833. The molecule has 0 aliphatic carbocycles. The molecule has 21 heavy (non-hydrogen) atoms. The monoisotopic (exact) mass is 298 g/mol. The Morgan fingerprint density at radius 3 is 1.90 bits per heavy atom. The lowest BCUT2D eigenvalue weighted by atomic mass is 10.1. The summed E-state index contributed by atoms with van der Waals surface area (Å²) in [6.45, 7) is 4.11. The van der Waals surface area contributed by atoms with Crippen LogP contribution in [0, 0.1) is 0 Å². The third-order valence-electron chi connectivity index (χ3n) is 3.42. The predicted molar refractivity (Wildman–Crippen MR) is 87.9 cm³/mol. The van der Waals surface area contributed by atoms with Gasteiger partial charge in [0.25, 0.3) is 0 Å². The van der Waals surface area contributed by atoms with E-state index in [1.165, 1.54) is 71.1 Å². The summed E-state index contributed by atoms with van der Waals surface area (Å²) in [5.74, 6) is -0.384. The van der Waals surface area contributed by atoms with Crippen LogP contribution in [0.3, 0.4) is 0 Å². The molecule has 0 aliphatic rings. The first kappa shape index (κ1) is 20.2. The topological polar surface area (TPSA) is 35.5 Å². The highest BCUT2D eigenvalue weighted by atomic mass is 17.2. The minimum Gasteiger partial charge on any atom is -0.299 e. The summed E-state index contributed by atoms with van der Waals surface area (Å²) in [5, 5.41) is 0. The largest absolute Gasteiger partial charge is 0.339 e. The summed E-state index contributed by atoms with van der Waals surface area (Å²) in [7, 11) is 0. The summed E-state index contributed by atoms with van der Waals surface area (Å²) < 4.78 is 0. The molecule has 0 rings (SSSR count). The maximum atomic E-state index is 10.4. The number of rotatable bonds is 15. The molecular formula is C18H34O3. The molecule has 0 aromatic rings. The Hall–Kier alpha value is -0.830. The van der Waals surface area contributed by atoms with Crippen LogP contribution in [0.2, 0.25) is 0 Å². The van der Waals surface area contributed by atoms with Crippen molar-refractivity contribution in [3.05, 3.63) is 12.2 Å². The second-order valence-electron chi connectivity index (χ2n) is 5.63. The van der Waals surface area contributed by atoms with E-state index in [2.05, 4.69) is 24.0 Å². The highest BCUT2D eigenvalue weighted by Crippen LogP contribution is 2.08. The minimum absolute atomic E-state index is 0.384. The molecular weight excluding hydrogens is 264 g/mol. The van der Waals surface area contributed by atoms with Crippen molar-refractivity contribution in [3.8, 4) is 0 Å². The van der Waals surface area contributed by atoms with Crippen molar-refractivity contribution in [2.24, 2.45) is 0 Å². The molecule has 3 heteroatoms. The van der Waals surface area contributed by atoms with E-state index in [9.17, 15) is 4.79 Å². The van der Waals surface area contributed by atoms with Gasteiger partial charge >= 0.3 is 5.97 Å². The molecule has 0 saturated heterocycles. The maximum absolute atomic E-state index is 10.4. The minimum atomic E-state index is -0.384. The van der Waals surface area contributed by atoms with Crippen molar-refractivity contribution in [1.29, 1.82) is 0 Å². The molecule has 0 N–H and O–H groups in total. The van der Waals surface area contributed by atoms with Crippen LogP contribution >= 0.6 is 0 Å². The Morgan fingerprint density at radius 1 is 0.810 bits per heavy atom. The third-order valence-corrected chi connectivity index (χ3v) is 3.42.